The smallest absolute Gasteiger partial charge is 0.257 e. The summed E-state index contributed by atoms with van der Waals surface area (Å²) in [5, 5.41) is 14.7. The Bertz CT molecular complexity index is 1120. The Morgan fingerprint density at radius 3 is 2.79 bits per heavy atom. The average molecular weight is 451 g/mol. The number of hydrogen-bond acceptors (Lipinski definition) is 7. The third-order valence-corrected chi connectivity index (χ3v) is 5.85. The highest BCUT2D eigenvalue weighted by atomic mass is 16.5. The molecule has 1 fully saturated rings. The van der Waals surface area contributed by atoms with E-state index in [1.807, 2.05) is 49.0 Å². The number of rotatable bonds is 6. The number of carbonyl (C=O) groups is 1. The molecule has 1 amide bonds. The molecule has 2 N–H and O–H groups in total. The molecule has 1 aliphatic heterocycles. The second-order valence-corrected chi connectivity index (χ2v) is 8.55. The number of benzene rings is 1. The fourth-order valence-electron chi connectivity index (χ4n) is 4.20. The number of likely N-dealkylation sites (N-methyl/N-ethyl adjacent to an activating group) is 1. The SMILES string of the molecule is COc1cccc(Nc2ncccc2C(=O)N2CCN(C)C[C@@](O)(Cn3ccnc3C)C2)c1. The summed E-state index contributed by atoms with van der Waals surface area (Å²) in [6, 6.07) is 11.0. The minimum absolute atomic E-state index is 0.176. The Hall–Kier alpha value is -3.43. The molecule has 33 heavy (non-hydrogen) atoms. The Morgan fingerprint density at radius 2 is 2.03 bits per heavy atom. The molecule has 9 nitrogen and oxygen atoms in total. The van der Waals surface area contributed by atoms with Gasteiger partial charge >= 0.3 is 0 Å². The summed E-state index contributed by atoms with van der Waals surface area (Å²) in [5.74, 6) is 1.82. The number of hydrogen-bond donors (Lipinski definition) is 2. The number of carbonyl (C=O) groups excluding carboxylic acids is 1. The zero-order chi connectivity index (χ0) is 23.4. The summed E-state index contributed by atoms with van der Waals surface area (Å²) in [6.07, 6.45) is 5.21. The number of nitrogens with one attached hydrogen (secondary N) is 1. The van der Waals surface area contributed by atoms with Crippen molar-refractivity contribution < 1.29 is 14.6 Å². The number of aliphatic hydroxyl groups is 1. The molecule has 9 heteroatoms. The van der Waals surface area contributed by atoms with Gasteiger partial charge in [-0.3, -0.25) is 4.79 Å². The zero-order valence-corrected chi connectivity index (χ0v) is 19.2. The van der Waals surface area contributed by atoms with Crippen molar-refractivity contribution in [3.05, 3.63) is 66.4 Å². The molecule has 0 bridgehead atoms. The summed E-state index contributed by atoms with van der Waals surface area (Å²) in [4.78, 5) is 26.0. The Kier molecular flexibility index (Phi) is 6.62. The fourth-order valence-corrected chi connectivity index (χ4v) is 4.20. The lowest BCUT2D eigenvalue weighted by Gasteiger charge is -2.33. The van der Waals surface area contributed by atoms with Crippen LogP contribution in [0, 0.1) is 6.92 Å². The van der Waals surface area contributed by atoms with Crippen LogP contribution in [-0.2, 0) is 6.54 Å². The maximum atomic E-state index is 13.6. The van der Waals surface area contributed by atoms with E-state index in [1.54, 1.807) is 36.5 Å². The lowest BCUT2D eigenvalue weighted by molar-refractivity contribution is -0.0116. The first-order valence-electron chi connectivity index (χ1n) is 10.9. The molecule has 0 unspecified atom stereocenters. The minimum atomic E-state index is -1.12. The van der Waals surface area contributed by atoms with Gasteiger partial charge < -0.3 is 29.5 Å². The van der Waals surface area contributed by atoms with Crippen molar-refractivity contribution in [1.29, 1.82) is 0 Å². The van der Waals surface area contributed by atoms with Crippen molar-refractivity contribution in [2.45, 2.75) is 19.1 Å². The first-order valence-corrected chi connectivity index (χ1v) is 10.9. The van der Waals surface area contributed by atoms with Gasteiger partial charge in [0.1, 0.15) is 23.0 Å². The topological polar surface area (TPSA) is 95.8 Å². The van der Waals surface area contributed by atoms with Gasteiger partial charge in [-0.05, 0) is 38.2 Å². The summed E-state index contributed by atoms with van der Waals surface area (Å²) in [7, 11) is 3.57. The molecule has 1 aromatic carbocycles. The van der Waals surface area contributed by atoms with Crippen molar-refractivity contribution in [2.24, 2.45) is 0 Å². The summed E-state index contributed by atoms with van der Waals surface area (Å²) in [6.45, 7) is 4.09. The van der Waals surface area contributed by atoms with Gasteiger partial charge in [0.15, 0.2) is 0 Å². The number of imidazole rings is 1. The van der Waals surface area contributed by atoms with Crippen LogP contribution in [0.2, 0.25) is 0 Å². The normalized spacial score (nSPS) is 19.2. The molecule has 3 heterocycles. The fraction of sp³-hybridized carbons (Fsp3) is 0.375. The van der Waals surface area contributed by atoms with Crippen molar-refractivity contribution in [3.8, 4) is 5.75 Å². The number of aromatic nitrogens is 3. The highest BCUT2D eigenvalue weighted by Crippen LogP contribution is 2.25. The van der Waals surface area contributed by atoms with Gasteiger partial charge in [0, 0.05) is 50.0 Å². The van der Waals surface area contributed by atoms with Crippen LogP contribution in [0.5, 0.6) is 5.75 Å². The van der Waals surface area contributed by atoms with E-state index in [1.165, 1.54) is 0 Å². The molecule has 3 aromatic rings. The molecule has 2 aromatic heterocycles. The second-order valence-electron chi connectivity index (χ2n) is 8.55. The summed E-state index contributed by atoms with van der Waals surface area (Å²) >= 11 is 0. The van der Waals surface area contributed by atoms with Gasteiger partial charge in [-0.1, -0.05) is 6.07 Å². The van der Waals surface area contributed by atoms with Crippen molar-refractivity contribution in [3.63, 3.8) is 0 Å². The standard InChI is InChI=1S/C24H30N6O3/c1-18-25-10-11-29(18)16-24(32)15-28(2)12-13-30(17-24)23(31)21-8-5-9-26-22(21)27-19-6-4-7-20(14-19)33-3/h4-11,14,32H,12-13,15-17H2,1-3H3,(H,26,27)/t24-/m1/s1. The first kappa shape index (κ1) is 22.8. The van der Waals surface area contributed by atoms with E-state index in [2.05, 4.69) is 20.2 Å². The van der Waals surface area contributed by atoms with E-state index in [-0.39, 0.29) is 12.5 Å². The Balaban J connectivity index is 1.58. The number of anilines is 2. The molecule has 4 rings (SSSR count). The minimum Gasteiger partial charge on any atom is -0.497 e. The molecule has 0 spiro atoms. The van der Waals surface area contributed by atoms with Crippen LogP contribution in [0.3, 0.4) is 0 Å². The molecule has 0 aliphatic carbocycles. The van der Waals surface area contributed by atoms with Gasteiger partial charge in [0.25, 0.3) is 5.91 Å². The predicted molar refractivity (Wildman–Crippen MR) is 126 cm³/mol. The third-order valence-electron chi connectivity index (χ3n) is 5.85. The van der Waals surface area contributed by atoms with E-state index in [0.29, 0.717) is 43.3 Å². The van der Waals surface area contributed by atoms with Crippen LogP contribution in [0.15, 0.2) is 55.0 Å². The number of aryl methyl sites for hydroxylation is 1. The Morgan fingerprint density at radius 1 is 1.18 bits per heavy atom. The average Bonchev–Trinajstić information content (AvgIpc) is 3.12. The van der Waals surface area contributed by atoms with Crippen molar-refractivity contribution in [2.75, 3.05) is 45.7 Å². The zero-order valence-electron chi connectivity index (χ0n) is 19.2. The van der Waals surface area contributed by atoms with Gasteiger partial charge in [-0.15, -0.1) is 0 Å². The number of amides is 1. The molecule has 1 aliphatic rings. The number of pyridine rings is 1. The van der Waals surface area contributed by atoms with Crippen LogP contribution in [-0.4, -0.2) is 81.3 Å². The maximum absolute atomic E-state index is 13.6. The predicted octanol–water partition coefficient (Wildman–Crippen LogP) is 2.16. The molecule has 0 saturated carbocycles. The van der Waals surface area contributed by atoms with Gasteiger partial charge in [-0.25, -0.2) is 9.97 Å². The van der Waals surface area contributed by atoms with Crippen molar-refractivity contribution in [1.82, 2.24) is 24.3 Å². The van der Waals surface area contributed by atoms with E-state index < -0.39 is 5.60 Å². The second kappa shape index (κ2) is 9.60. The molecular weight excluding hydrogens is 420 g/mol. The Labute approximate surface area is 193 Å². The quantitative estimate of drug-likeness (QED) is 0.594. The van der Waals surface area contributed by atoms with Gasteiger partial charge in [0.05, 0.1) is 25.8 Å². The van der Waals surface area contributed by atoms with Crippen LogP contribution >= 0.6 is 0 Å². The number of β-amino-alcohol motifs (C(OH)–C–C–N with tert-alkyl or cyclic N) is 1. The molecular formula is C24H30N6O3. The first-order chi connectivity index (χ1) is 15.9. The number of nitrogens with zero attached hydrogens (tertiary/aromatic N) is 5. The van der Waals surface area contributed by atoms with E-state index in [9.17, 15) is 9.90 Å². The maximum Gasteiger partial charge on any atom is 0.257 e. The van der Waals surface area contributed by atoms with Gasteiger partial charge in [0.2, 0.25) is 0 Å². The van der Waals surface area contributed by atoms with E-state index >= 15 is 0 Å². The van der Waals surface area contributed by atoms with Crippen LogP contribution < -0.4 is 10.1 Å². The highest BCUT2D eigenvalue weighted by molar-refractivity contribution is 5.99. The van der Waals surface area contributed by atoms with E-state index in [4.69, 9.17) is 4.74 Å². The monoisotopic (exact) mass is 450 g/mol. The van der Waals surface area contributed by atoms with E-state index in [0.717, 1.165) is 11.5 Å². The number of methoxy groups -OCH3 is 1. The number of ether oxygens (including phenoxy) is 1. The van der Waals surface area contributed by atoms with Crippen LogP contribution in [0.4, 0.5) is 11.5 Å². The molecule has 174 valence electrons. The lowest BCUT2D eigenvalue weighted by atomic mass is 10.0. The lowest BCUT2D eigenvalue weighted by Crippen LogP contribution is -2.50. The third kappa shape index (κ3) is 5.32. The molecule has 0 radical (unpaired) electrons. The molecule has 1 atom stereocenters. The van der Waals surface area contributed by atoms with Crippen LogP contribution in [0.1, 0.15) is 16.2 Å². The van der Waals surface area contributed by atoms with Crippen LogP contribution in [0.25, 0.3) is 0 Å². The highest BCUT2D eigenvalue weighted by Gasteiger charge is 2.37. The van der Waals surface area contributed by atoms with Gasteiger partial charge in [-0.2, -0.15) is 0 Å². The summed E-state index contributed by atoms with van der Waals surface area (Å²) < 4.78 is 7.21. The summed E-state index contributed by atoms with van der Waals surface area (Å²) in [5.41, 5.74) is 0.102. The van der Waals surface area contributed by atoms with Crippen molar-refractivity contribution >= 4 is 17.4 Å². The molecule has 1 saturated heterocycles. The largest absolute Gasteiger partial charge is 0.497 e.